The molecule has 2 aliphatic heterocycles. The lowest BCUT2D eigenvalue weighted by Gasteiger charge is -2.18. The Kier molecular flexibility index (Phi) is 5.54. The fourth-order valence-corrected chi connectivity index (χ4v) is 3.82. The number of nitro benzene ring substituents is 1. The molecule has 2 aliphatic rings. The minimum Gasteiger partial charge on any atom is -0.500 e. The summed E-state index contributed by atoms with van der Waals surface area (Å²) >= 11 is 0.648. The van der Waals surface area contributed by atoms with Crippen LogP contribution >= 0.6 is 11.8 Å². The molecular formula is C17H17N3O7S. The Labute approximate surface area is 163 Å². The number of hydrogen-bond donors (Lipinski definition) is 1. The Morgan fingerprint density at radius 1 is 1.36 bits per heavy atom. The highest BCUT2D eigenvalue weighted by Gasteiger charge is 2.37. The van der Waals surface area contributed by atoms with Crippen molar-refractivity contribution in [2.45, 2.75) is 12.8 Å². The van der Waals surface area contributed by atoms with Crippen molar-refractivity contribution in [1.82, 2.24) is 9.80 Å². The largest absolute Gasteiger partial charge is 0.500 e. The second-order valence-corrected chi connectivity index (χ2v) is 7.20. The first kappa shape index (κ1) is 19.7. The predicted octanol–water partition coefficient (Wildman–Crippen LogP) is 1.97. The summed E-state index contributed by atoms with van der Waals surface area (Å²) in [7, 11) is 1.24. The number of nitrogens with zero attached hydrogens (tertiary/aromatic N) is 3. The zero-order chi connectivity index (χ0) is 20.4. The van der Waals surface area contributed by atoms with Gasteiger partial charge in [0.25, 0.3) is 11.1 Å². The lowest BCUT2D eigenvalue weighted by atomic mass is 10.1. The van der Waals surface area contributed by atoms with Crippen LogP contribution in [-0.2, 0) is 9.59 Å². The third-order valence-electron chi connectivity index (χ3n) is 4.42. The summed E-state index contributed by atoms with van der Waals surface area (Å²) in [5.41, 5.74) is -0.383. The Bertz CT molecular complexity index is 893. The van der Waals surface area contributed by atoms with E-state index in [9.17, 15) is 29.6 Å². The highest BCUT2D eigenvalue weighted by molar-refractivity contribution is 8.18. The van der Waals surface area contributed by atoms with Gasteiger partial charge in [0.2, 0.25) is 11.7 Å². The van der Waals surface area contributed by atoms with E-state index in [2.05, 4.69) is 0 Å². The fraction of sp³-hybridized carbons (Fsp3) is 0.353. The van der Waals surface area contributed by atoms with Gasteiger partial charge < -0.3 is 14.7 Å². The Morgan fingerprint density at radius 3 is 2.64 bits per heavy atom. The highest BCUT2D eigenvalue weighted by atomic mass is 32.2. The van der Waals surface area contributed by atoms with Crippen molar-refractivity contribution in [3.63, 3.8) is 0 Å². The van der Waals surface area contributed by atoms with Gasteiger partial charge in [-0.2, -0.15) is 0 Å². The second kappa shape index (κ2) is 7.89. The summed E-state index contributed by atoms with van der Waals surface area (Å²) in [6, 6.07) is 2.38. The number of ether oxygens (including phenoxy) is 1. The number of carbonyl (C=O) groups excluding carboxylic acids is 3. The predicted molar refractivity (Wildman–Crippen MR) is 99.8 cm³/mol. The van der Waals surface area contributed by atoms with Gasteiger partial charge in [-0.25, -0.2) is 0 Å². The van der Waals surface area contributed by atoms with Crippen LogP contribution in [0.25, 0.3) is 6.08 Å². The lowest BCUT2D eigenvalue weighted by molar-refractivity contribution is -0.386. The minimum absolute atomic E-state index is 0.0289. The molecule has 2 fully saturated rings. The Balaban J connectivity index is 1.84. The average Bonchev–Trinajstić information content (AvgIpc) is 3.27. The summed E-state index contributed by atoms with van der Waals surface area (Å²) in [5.74, 6) is -1.70. The molecule has 11 heteroatoms. The number of imide groups is 1. The number of hydrogen-bond acceptors (Lipinski definition) is 8. The Morgan fingerprint density at radius 2 is 2.04 bits per heavy atom. The number of carbonyl (C=O) groups is 3. The summed E-state index contributed by atoms with van der Waals surface area (Å²) < 4.78 is 4.92. The van der Waals surface area contributed by atoms with Gasteiger partial charge in [0.1, 0.15) is 6.54 Å². The van der Waals surface area contributed by atoms with Gasteiger partial charge in [-0.05, 0) is 42.3 Å². The molecule has 2 saturated heterocycles. The van der Waals surface area contributed by atoms with Gasteiger partial charge in [-0.15, -0.1) is 0 Å². The van der Waals surface area contributed by atoms with Crippen LogP contribution in [0.2, 0.25) is 0 Å². The number of phenols is 1. The molecule has 3 rings (SSSR count). The zero-order valence-corrected chi connectivity index (χ0v) is 15.7. The molecule has 1 N–H and O–H groups in total. The number of rotatable bonds is 5. The smallest absolute Gasteiger partial charge is 0.315 e. The van der Waals surface area contributed by atoms with Gasteiger partial charge >= 0.3 is 5.69 Å². The maximum absolute atomic E-state index is 12.5. The van der Waals surface area contributed by atoms with Crippen molar-refractivity contribution in [3.05, 3.63) is 32.7 Å². The number of benzene rings is 1. The first-order chi connectivity index (χ1) is 13.3. The molecule has 1 aromatic carbocycles. The van der Waals surface area contributed by atoms with Crippen LogP contribution in [0.4, 0.5) is 10.5 Å². The molecular weight excluding hydrogens is 390 g/mol. The number of methoxy groups -OCH3 is 1. The summed E-state index contributed by atoms with van der Waals surface area (Å²) in [4.78, 5) is 49.8. The van der Waals surface area contributed by atoms with E-state index in [-0.39, 0.29) is 28.7 Å². The fourth-order valence-electron chi connectivity index (χ4n) is 2.98. The van der Waals surface area contributed by atoms with Crippen LogP contribution in [0.3, 0.4) is 0 Å². The van der Waals surface area contributed by atoms with Crippen LogP contribution in [0.15, 0.2) is 17.0 Å². The lowest BCUT2D eigenvalue weighted by Crippen LogP contribution is -2.40. The van der Waals surface area contributed by atoms with Crippen LogP contribution in [0, 0.1) is 10.1 Å². The van der Waals surface area contributed by atoms with Crippen LogP contribution in [0.1, 0.15) is 18.4 Å². The van der Waals surface area contributed by atoms with Crippen molar-refractivity contribution in [2.75, 3.05) is 26.7 Å². The summed E-state index contributed by atoms with van der Waals surface area (Å²) in [6.45, 7) is 0.894. The highest BCUT2D eigenvalue weighted by Crippen LogP contribution is 2.39. The molecule has 2 heterocycles. The summed E-state index contributed by atoms with van der Waals surface area (Å²) in [5, 5.41) is 20.3. The number of likely N-dealkylation sites (tertiary alicyclic amines) is 1. The number of amides is 3. The molecule has 0 aliphatic carbocycles. The van der Waals surface area contributed by atoms with Gasteiger partial charge in [0.05, 0.1) is 16.9 Å². The first-order valence-corrected chi connectivity index (χ1v) is 9.22. The maximum atomic E-state index is 12.5. The van der Waals surface area contributed by atoms with E-state index >= 15 is 0 Å². The van der Waals surface area contributed by atoms with Gasteiger partial charge in [0.15, 0.2) is 5.75 Å². The molecule has 148 valence electrons. The van der Waals surface area contributed by atoms with Crippen molar-refractivity contribution in [2.24, 2.45) is 0 Å². The number of nitro groups is 1. The number of thioether (sulfide) groups is 1. The first-order valence-electron chi connectivity index (χ1n) is 8.40. The van der Waals surface area contributed by atoms with Crippen LogP contribution < -0.4 is 4.74 Å². The Hall–Kier alpha value is -3.08. The topological polar surface area (TPSA) is 130 Å². The number of phenolic OH excluding ortho intramolecular Hbond substituents is 1. The normalized spacial score (nSPS) is 18.2. The molecule has 0 atom stereocenters. The van der Waals surface area contributed by atoms with E-state index in [1.54, 1.807) is 4.90 Å². The maximum Gasteiger partial charge on any atom is 0.315 e. The standard InChI is InChI=1S/C17H17N3O7S/c1-27-12-7-10(6-11(15(12)22)20(25)26)8-13-16(23)19(17(24)28-13)9-14(21)18-4-2-3-5-18/h6-8,22H,2-5,9H2,1H3/b13-8-. The SMILES string of the molecule is COc1cc(/C=C2\SC(=O)N(CC(=O)N3CCCC3)C2=O)cc([N+](=O)[O-])c1O. The van der Waals surface area contributed by atoms with Gasteiger partial charge in [-0.1, -0.05) is 0 Å². The van der Waals surface area contributed by atoms with Crippen molar-refractivity contribution < 1.29 is 29.2 Å². The molecule has 1 aromatic rings. The molecule has 3 amide bonds. The monoisotopic (exact) mass is 407 g/mol. The quantitative estimate of drug-likeness (QED) is 0.445. The molecule has 0 bridgehead atoms. The molecule has 0 unspecified atom stereocenters. The van der Waals surface area contributed by atoms with E-state index in [0.717, 1.165) is 23.8 Å². The van der Waals surface area contributed by atoms with Crippen molar-refractivity contribution in [3.8, 4) is 11.5 Å². The zero-order valence-electron chi connectivity index (χ0n) is 14.9. The molecule has 28 heavy (non-hydrogen) atoms. The van der Waals surface area contributed by atoms with Crippen molar-refractivity contribution in [1.29, 1.82) is 0 Å². The van der Waals surface area contributed by atoms with E-state index in [1.807, 2.05) is 0 Å². The minimum atomic E-state index is -0.782. The second-order valence-electron chi connectivity index (χ2n) is 6.20. The van der Waals surface area contributed by atoms with E-state index < -0.39 is 27.5 Å². The molecule has 10 nitrogen and oxygen atoms in total. The van der Waals surface area contributed by atoms with E-state index in [0.29, 0.717) is 24.9 Å². The van der Waals surface area contributed by atoms with Crippen LogP contribution in [-0.4, -0.2) is 63.6 Å². The van der Waals surface area contributed by atoms with Crippen LogP contribution in [0.5, 0.6) is 11.5 Å². The van der Waals surface area contributed by atoms with Crippen molar-refractivity contribution >= 4 is 40.6 Å². The summed E-state index contributed by atoms with van der Waals surface area (Å²) in [6.07, 6.45) is 3.09. The number of aromatic hydroxyl groups is 1. The third-order valence-corrected chi connectivity index (χ3v) is 5.32. The van der Waals surface area contributed by atoms with Gasteiger partial charge in [0, 0.05) is 19.2 Å². The van der Waals surface area contributed by atoms with E-state index in [4.69, 9.17) is 4.74 Å². The molecule has 0 aromatic heterocycles. The molecule has 0 saturated carbocycles. The third kappa shape index (κ3) is 3.79. The van der Waals surface area contributed by atoms with Gasteiger partial charge in [-0.3, -0.25) is 29.4 Å². The molecule has 0 spiro atoms. The average molecular weight is 407 g/mol. The molecule has 0 radical (unpaired) electrons. The van der Waals surface area contributed by atoms with E-state index in [1.165, 1.54) is 19.3 Å².